The van der Waals surface area contributed by atoms with E-state index >= 15 is 0 Å². The van der Waals surface area contributed by atoms with Gasteiger partial charge in [-0.05, 0) is 24.1 Å². The summed E-state index contributed by atoms with van der Waals surface area (Å²) < 4.78 is 5.82. The third-order valence-electron chi connectivity index (χ3n) is 3.32. The van der Waals surface area contributed by atoms with Crippen LogP contribution in [0, 0.1) is 5.92 Å². The Morgan fingerprint density at radius 2 is 1.52 bits per heavy atom. The quantitative estimate of drug-likeness (QED) is 0.858. The predicted octanol–water partition coefficient (Wildman–Crippen LogP) is 2.59. The summed E-state index contributed by atoms with van der Waals surface area (Å²) in [6, 6.07) is 11.9. The zero-order chi connectivity index (χ0) is 17.0. The van der Waals surface area contributed by atoms with Crippen LogP contribution in [0.5, 0.6) is 5.75 Å². The molecule has 0 spiro atoms. The van der Waals surface area contributed by atoms with Gasteiger partial charge in [-0.2, -0.15) is 0 Å². The van der Waals surface area contributed by atoms with Crippen molar-refractivity contribution in [2.45, 2.75) is 13.8 Å². The first-order valence-electron chi connectivity index (χ1n) is 7.36. The van der Waals surface area contributed by atoms with Gasteiger partial charge < -0.3 is 16.2 Å². The second-order valence-electron chi connectivity index (χ2n) is 5.66. The molecule has 23 heavy (non-hydrogen) atoms. The van der Waals surface area contributed by atoms with Crippen molar-refractivity contribution in [2.24, 2.45) is 17.4 Å². The van der Waals surface area contributed by atoms with Crippen LogP contribution in [0.4, 0.5) is 0 Å². The van der Waals surface area contributed by atoms with E-state index in [0.717, 1.165) is 0 Å². The summed E-state index contributed by atoms with van der Waals surface area (Å²) in [6.45, 7) is 4.59. The van der Waals surface area contributed by atoms with Gasteiger partial charge in [0, 0.05) is 22.3 Å². The number of hydrogen-bond donors (Lipinski definition) is 2. The summed E-state index contributed by atoms with van der Waals surface area (Å²) in [4.78, 5) is 23.6. The van der Waals surface area contributed by atoms with Gasteiger partial charge in [-0.1, -0.05) is 38.1 Å². The molecule has 0 heterocycles. The SMILES string of the molecule is CC(C)COc1ccccc1-c1c(C(N)=O)cccc1C(N)=O. The Kier molecular flexibility index (Phi) is 5.01. The molecule has 2 amide bonds. The largest absolute Gasteiger partial charge is 0.493 e. The maximum atomic E-state index is 11.8. The van der Waals surface area contributed by atoms with Crippen LogP contribution in [0.25, 0.3) is 11.1 Å². The molecule has 0 aliphatic carbocycles. The summed E-state index contributed by atoms with van der Waals surface area (Å²) in [6.07, 6.45) is 0. The lowest BCUT2D eigenvalue weighted by Crippen LogP contribution is -2.18. The normalized spacial score (nSPS) is 10.6. The van der Waals surface area contributed by atoms with Crippen LogP contribution in [0.3, 0.4) is 0 Å². The van der Waals surface area contributed by atoms with E-state index in [1.54, 1.807) is 36.4 Å². The number of carbonyl (C=O) groups excluding carboxylic acids is 2. The van der Waals surface area contributed by atoms with Gasteiger partial charge in [0.1, 0.15) is 5.75 Å². The van der Waals surface area contributed by atoms with Crippen LogP contribution in [-0.4, -0.2) is 18.4 Å². The number of amides is 2. The minimum absolute atomic E-state index is 0.238. The number of hydrogen-bond acceptors (Lipinski definition) is 3. The Labute approximate surface area is 135 Å². The van der Waals surface area contributed by atoms with E-state index in [0.29, 0.717) is 29.4 Å². The monoisotopic (exact) mass is 312 g/mol. The Balaban J connectivity index is 2.66. The van der Waals surface area contributed by atoms with Gasteiger partial charge in [0.15, 0.2) is 0 Å². The molecule has 2 aromatic carbocycles. The van der Waals surface area contributed by atoms with Crippen LogP contribution >= 0.6 is 0 Å². The number of para-hydroxylation sites is 1. The molecule has 0 aromatic heterocycles. The Bertz CT molecular complexity index is 707. The van der Waals surface area contributed by atoms with Crippen molar-refractivity contribution in [2.75, 3.05) is 6.61 Å². The first-order valence-corrected chi connectivity index (χ1v) is 7.36. The molecule has 4 N–H and O–H groups in total. The van der Waals surface area contributed by atoms with E-state index in [2.05, 4.69) is 0 Å². The van der Waals surface area contributed by atoms with E-state index in [4.69, 9.17) is 16.2 Å². The second kappa shape index (κ2) is 6.96. The zero-order valence-electron chi connectivity index (χ0n) is 13.2. The standard InChI is InChI=1S/C18H20N2O3/c1-11(2)10-23-15-9-4-3-6-12(15)16-13(17(19)21)7-5-8-14(16)18(20)22/h3-9,11H,10H2,1-2H3,(H2,19,21)(H2,20,22). The van der Waals surface area contributed by atoms with Crippen molar-refractivity contribution in [1.82, 2.24) is 0 Å². The first kappa shape index (κ1) is 16.5. The summed E-state index contributed by atoms with van der Waals surface area (Å²) in [5, 5.41) is 0. The van der Waals surface area contributed by atoms with Crippen molar-refractivity contribution in [3.05, 3.63) is 53.6 Å². The molecular formula is C18H20N2O3. The fourth-order valence-corrected chi connectivity index (χ4v) is 2.31. The van der Waals surface area contributed by atoms with E-state index in [1.165, 1.54) is 0 Å². The van der Waals surface area contributed by atoms with Gasteiger partial charge in [-0.25, -0.2) is 0 Å². The highest BCUT2D eigenvalue weighted by molar-refractivity contribution is 6.08. The van der Waals surface area contributed by atoms with Crippen LogP contribution in [0.2, 0.25) is 0 Å². The van der Waals surface area contributed by atoms with Crippen molar-refractivity contribution in [3.63, 3.8) is 0 Å². The van der Waals surface area contributed by atoms with Crippen LogP contribution in [-0.2, 0) is 0 Å². The molecule has 0 aliphatic rings. The molecule has 0 bridgehead atoms. The highest BCUT2D eigenvalue weighted by atomic mass is 16.5. The maximum Gasteiger partial charge on any atom is 0.249 e. The third kappa shape index (κ3) is 3.69. The molecule has 0 atom stereocenters. The molecule has 0 radical (unpaired) electrons. The topological polar surface area (TPSA) is 95.4 Å². The number of benzene rings is 2. The van der Waals surface area contributed by atoms with Crippen molar-refractivity contribution >= 4 is 11.8 Å². The minimum Gasteiger partial charge on any atom is -0.493 e. The van der Waals surface area contributed by atoms with Crippen molar-refractivity contribution < 1.29 is 14.3 Å². The highest BCUT2D eigenvalue weighted by Crippen LogP contribution is 2.35. The number of primary amides is 2. The van der Waals surface area contributed by atoms with E-state index in [1.807, 2.05) is 19.9 Å². The van der Waals surface area contributed by atoms with E-state index in [-0.39, 0.29) is 11.1 Å². The summed E-state index contributed by atoms with van der Waals surface area (Å²) >= 11 is 0. The lowest BCUT2D eigenvalue weighted by Gasteiger charge is -2.16. The molecule has 0 saturated carbocycles. The molecule has 5 heteroatoms. The Morgan fingerprint density at radius 3 is 2.04 bits per heavy atom. The molecule has 2 aromatic rings. The number of nitrogens with two attached hydrogens (primary N) is 2. The average molecular weight is 312 g/mol. The fourth-order valence-electron chi connectivity index (χ4n) is 2.31. The maximum absolute atomic E-state index is 11.8. The molecule has 0 aliphatic heterocycles. The van der Waals surface area contributed by atoms with Gasteiger partial charge in [0.2, 0.25) is 11.8 Å². The molecule has 0 unspecified atom stereocenters. The highest BCUT2D eigenvalue weighted by Gasteiger charge is 2.20. The van der Waals surface area contributed by atoms with Gasteiger partial charge in [-0.3, -0.25) is 9.59 Å². The van der Waals surface area contributed by atoms with Crippen molar-refractivity contribution in [3.8, 4) is 16.9 Å². The van der Waals surface area contributed by atoms with E-state index < -0.39 is 11.8 Å². The zero-order valence-corrected chi connectivity index (χ0v) is 13.2. The third-order valence-corrected chi connectivity index (χ3v) is 3.32. The van der Waals surface area contributed by atoms with Gasteiger partial charge >= 0.3 is 0 Å². The Morgan fingerprint density at radius 1 is 0.957 bits per heavy atom. The lowest BCUT2D eigenvalue weighted by molar-refractivity contribution is 0.0999. The van der Waals surface area contributed by atoms with E-state index in [9.17, 15) is 9.59 Å². The van der Waals surface area contributed by atoms with Crippen LogP contribution in [0.1, 0.15) is 34.6 Å². The molecule has 120 valence electrons. The minimum atomic E-state index is -0.623. The summed E-state index contributed by atoms with van der Waals surface area (Å²) in [5.74, 6) is -0.328. The lowest BCUT2D eigenvalue weighted by atomic mass is 9.93. The van der Waals surface area contributed by atoms with Gasteiger partial charge in [0.05, 0.1) is 6.61 Å². The fraction of sp³-hybridized carbons (Fsp3) is 0.222. The summed E-state index contributed by atoms with van der Waals surface area (Å²) in [5.41, 5.74) is 12.4. The molecular weight excluding hydrogens is 292 g/mol. The summed E-state index contributed by atoms with van der Waals surface area (Å²) in [7, 11) is 0. The van der Waals surface area contributed by atoms with Crippen molar-refractivity contribution in [1.29, 1.82) is 0 Å². The van der Waals surface area contributed by atoms with Crippen LogP contribution in [0.15, 0.2) is 42.5 Å². The van der Waals surface area contributed by atoms with Gasteiger partial charge in [-0.15, -0.1) is 0 Å². The smallest absolute Gasteiger partial charge is 0.249 e. The first-order chi connectivity index (χ1) is 10.9. The number of rotatable bonds is 6. The average Bonchev–Trinajstić information content (AvgIpc) is 2.52. The molecule has 2 rings (SSSR count). The molecule has 5 nitrogen and oxygen atoms in total. The number of carbonyl (C=O) groups is 2. The van der Waals surface area contributed by atoms with Gasteiger partial charge in [0.25, 0.3) is 0 Å². The second-order valence-corrected chi connectivity index (χ2v) is 5.66. The predicted molar refractivity (Wildman–Crippen MR) is 89.2 cm³/mol. The van der Waals surface area contributed by atoms with Crippen LogP contribution < -0.4 is 16.2 Å². The Hall–Kier alpha value is -2.82. The number of ether oxygens (including phenoxy) is 1. The molecule has 0 fully saturated rings. The molecule has 0 saturated heterocycles.